The van der Waals surface area contributed by atoms with E-state index in [0.717, 1.165) is 12.1 Å². The van der Waals surface area contributed by atoms with E-state index < -0.39 is 21.2 Å². The molecular weight excluding hydrogens is 526 g/mol. The molecule has 0 aliphatic carbocycles. The lowest BCUT2D eigenvalue weighted by molar-refractivity contribution is -0.394. The molecule has 0 amide bonds. The number of nitro groups is 2. The lowest BCUT2D eigenvalue weighted by atomic mass is 10.2. The Balaban J connectivity index is 1.28. The number of nitrogens with zero attached hydrogens (tertiary/aromatic N) is 8. The van der Waals surface area contributed by atoms with Gasteiger partial charge in [-0.1, -0.05) is 0 Å². The van der Waals surface area contributed by atoms with Gasteiger partial charge >= 0.3 is 5.69 Å². The van der Waals surface area contributed by atoms with Crippen molar-refractivity contribution in [3.05, 3.63) is 68.3 Å². The second-order valence-electron chi connectivity index (χ2n) is 8.67. The third-order valence-electron chi connectivity index (χ3n) is 6.04. The SMILES string of the molecule is O=[N+]([O-])c1ccc(Oc2ccc(/C=N\Nc3nc(N4CCOCC4)nc(N4CCOCC4)n3)cc2)c([N+](=O)[O-])c1. The number of ether oxygens (including phenoxy) is 3. The molecule has 0 bridgehead atoms. The Kier molecular flexibility index (Phi) is 8.17. The molecule has 3 aromatic rings. The summed E-state index contributed by atoms with van der Waals surface area (Å²) in [5.41, 5.74) is 2.67. The summed E-state index contributed by atoms with van der Waals surface area (Å²) < 4.78 is 16.5. The van der Waals surface area contributed by atoms with Gasteiger partial charge in [0.1, 0.15) is 5.75 Å². The second kappa shape index (κ2) is 12.3. The van der Waals surface area contributed by atoms with Gasteiger partial charge in [-0.3, -0.25) is 20.2 Å². The monoisotopic (exact) mass is 551 g/mol. The minimum atomic E-state index is -0.731. The van der Waals surface area contributed by atoms with E-state index in [9.17, 15) is 20.2 Å². The van der Waals surface area contributed by atoms with Crippen LogP contribution in [0.1, 0.15) is 5.56 Å². The van der Waals surface area contributed by atoms with Crippen molar-refractivity contribution >= 4 is 35.4 Å². The molecule has 2 fully saturated rings. The van der Waals surface area contributed by atoms with E-state index in [1.807, 2.05) is 9.80 Å². The third-order valence-corrected chi connectivity index (χ3v) is 6.04. The van der Waals surface area contributed by atoms with Gasteiger partial charge in [-0.15, -0.1) is 0 Å². The lowest BCUT2D eigenvalue weighted by Crippen LogP contribution is -2.40. The Bertz CT molecular complexity index is 1360. The van der Waals surface area contributed by atoms with Gasteiger partial charge in [0.15, 0.2) is 0 Å². The summed E-state index contributed by atoms with van der Waals surface area (Å²) in [6, 6.07) is 9.79. The van der Waals surface area contributed by atoms with E-state index in [4.69, 9.17) is 14.2 Å². The summed E-state index contributed by atoms with van der Waals surface area (Å²) in [5.74, 6) is 1.57. The molecular formula is C24H25N9O7. The van der Waals surface area contributed by atoms with Crippen LogP contribution < -0.4 is 20.0 Å². The van der Waals surface area contributed by atoms with E-state index in [-0.39, 0.29) is 5.75 Å². The first-order chi connectivity index (χ1) is 19.5. The van der Waals surface area contributed by atoms with Crippen molar-refractivity contribution in [1.29, 1.82) is 0 Å². The van der Waals surface area contributed by atoms with Crippen LogP contribution in [0.5, 0.6) is 11.5 Å². The van der Waals surface area contributed by atoms with Crippen LogP contribution in [-0.2, 0) is 9.47 Å². The molecule has 0 spiro atoms. The quantitative estimate of drug-likeness (QED) is 0.233. The van der Waals surface area contributed by atoms with Crippen molar-refractivity contribution in [2.24, 2.45) is 5.10 Å². The summed E-state index contributed by atoms with van der Waals surface area (Å²) in [5, 5.41) is 26.5. The number of anilines is 3. The molecule has 1 N–H and O–H groups in total. The fraction of sp³-hybridized carbons (Fsp3) is 0.333. The first-order valence-electron chi connectivity index (χ1n) is 12.4. The van der Waals surface area contributed by atoms with Gasteiger partial charge in [0.25, 0.3) is 5.69 Å². The molecule has 2 saturated heterocycles. The molecule has 40 heavy (non-hydrogen) atoms. The molecule has 0 radical (unpaired) electrons. The van der Waals surface area contributed by atoms with Gasteiger partial charge in [0.05, 0.1) is 48.6 Å². The summed E-state index contributed by atoms with van der Waals surface area (Å²) in [6.07, 6.45) is 1.56. The van der Waals surface area contributed by atoms with Gasteiger partial charge in [-0.25, -0.2) is 5.43 Å². The van der Waals surface area contributed by atoms with Crippen molar-refractivity contribution in [3.8, 4) is 11.5 Å². The topological polar surface area (TPSA) is 184 Å². The number of hydrazone groups is 1. The van der Waals surface area contributed by atoms with Crippen molar-refractivity contribution < 1.29 is 24.1 Å². The molecule has 0 atom stereocenters. The fourth-order valence-electron chi connectivity index (χ4n) is 3.98. The highest BCUT2D eigenvalue weighted by atomic mass is 16.6. The fourth-order valence-corrected chi connectivity index (χ4v) is 3.98. The minimum absolute atomic E-state index is 0.110. The Morgan fingerprint density at radius 1 is 0.850 bits per heavy atom. The van der Waals surface area contributed by atoms with Crippen molar-refractivity contribution in [1.82, 2.24) is 15.0 Å². The number of aromatic nitrogens is 3. The van der Waals surface area contributed by atoms with Crippen molar-refractivity contribution in [3.63, 3.8) is 0 Å². The highest BCUT2D eigenvalue weighted by Gasteiger charge is 2.22. The Hall–Kier alpha value is -4.96. The summed E-state index contributed by atoms with van der Waals surface area (Å²) in [4.78, 5) is 38.6. The molecule has 2 aliphatic rings. The number of hydrogen-bond donors (Lipinski definition) is 1. The van der Waals surface area contributed by atoms with Crippen LogP contribution in [0.2, 0.25) is 0 Å². The average Bonchev–Trinajstić information content (AvgIpc) is 2.99. The Morgan fingerprint density at radius 2 is 1.45 bits per heavy atom. The number of hydrogen-bond acceptors (Lipinski definition) is 14. The summed E-state index contributed by atoms with van der Waals surface area (Å²) in [6.45, 7) is 5.07. The van der Waals surface area contributed by atoms with E-state index >= 15 is 0 Å². The number of nitro benzene ring substituents is 2. The molecule has 1 aromatic heterocycles. The number of nitrogens with one attached hydrogen (secondary N) is 1. The molecule has 0 unspecified atom stereocenters. The lowest BCUT2D eigenvalue weighted by Gasteiger charge is -2.30. The highest BCUT2D eigenvalue weighted by molar-refractivity contribution is 5.80. The van der Waals surface area contributed by atoms with Gasteiger partial charge in [-0.05, 0) is 35.9 Å². The van der Waals surface area contributed by atoms with Gasteiger partial charge in [0, 0.05) is 32.2 Å². The smallest absolute Gasteiger partial charge is 0.318 e. The average molecular weight is 552 g/mol. The first-order valence-corrected chi connectivity index (χ1v) is 12.4. The Labute approximate surface area is 227 Å². The van der Waals surface area contributed by atoms with Crippen LogP contribution in [0.25, 0.3) is 0 Å². The maximum absolute atomic E-state index is 11.3. The largest absolute Gasteiger partial charge is 0.450 e. The van der Waals surface area contributed by atoms with Crippen molar-refractivity contribution in [2.45, 2.75) is 0 Å². The zero-order valence-corrected chi connectivity index (χ0v) is 21.2. The molecule has 208 valence electrons. The number of morpholine rings is 2. The standard InChI is InChI=1S/C24H25N9O7/c34-32(35)18-3-6-21(20(15-18)33(36)37)40-19-4-1-17(2-5-19)16-25-29-22-26-23(30-7-11-38-12-8-30)28-24(27-22)31-9-13-39-14-10-31/h1-6,15-16H,7-14H2,(H,26,27,28,29)/b25-16-. The van der Waals surface area contributed by atoms with Crippen LogP contribution >= 0.6 is 0 Å². The predicted molar refractivity (Wildman–Crippen MR) is 143 cm³/mol. The van der Waals surface area contributed by atoms with Gasteiger partial charge < -0.3 is 24.0 Å². The molecule has 0 saturated carbocycles. The molecule has 16 nitrogen and oxygen atoms in total. The zero-order chi connectivity index (χ0) is 27.9. The Morgan fingerprint density at radius 3 is 2.00 bits per heavy atom. The molecule has 5 rings (SSSR count). The van der Waals surface area contributed by atoms with Crippen LogP contribution in [0.4, 0.5) is 29.2 Å². The van der Waals surface area contributed by atoms with Gasteiger partial charge in [0.2, 0.25) is 23.6 Å². The van der Waals surface area contributed by atoms with Crippen LogP contribution in [0, 0.1) is 20.2 Å². The first kappa shape index (κ1) is 26.6. The molecule has 16 heteroatoms. The summed E-state index contributed by atoms with van der Waals surface area (Å²) >= 11 is 0. The normalized spacial score (nSPS) is 15.7. The van der Waals surface area contributed by atoms with Crippen LogP contribution in [0.15, 0.2) is 47.6 Å². The summed E-state index contributed by atoms with van der Waals surface area (Å²) in [7, 11) is 0. The highest BCUT2D eigenvalue weighted by Crippen LogP contribution is 2.34. The van der Waals surface area contributed by atoms with E-state index in [1.54, 1.807) is 30.5 Å². The molecule has 2 aliphatic heterocycles. The zero-order valence-electron chi connectivity index (χ0n) is 21.2. The van der Waals surface area contributed by atoms with Crippen LogP contribution in [0.3, 0.4) is 0 Å². The minimum Gasteiger partial charge on any atom is -0.450 e. The van der Waals surface area contributed by atoms with E-state index in [2.05, 4.69) is 25.5 Å². The molecule has 2 aromatic carbocycles. The number of non-ortho nitro benzene ring substituents is 1. The maximum Gasteiger partial charge on any atom is 0.318 e. The number of benzene rings is 2. The van der Waals surface area contributed by atoms with E-state index in [0.29, 0.717) is 81.8 Å². The maximum atomic E-state index is 11.3. The van der Waals surface area contributed by atoms with Crippen molar-refractivity contribution in [2.75, 3.05) is 67.8 Å². The number of rotatable bonds is 9. The van der Waals surface area contributed by atoms with Crippen LogP contribution in [-0.4, -0.2) is 83.6 Å². The predicted octanol–water partition coefficient (Wildman–Crippen LogP) is 2.60. The van der Waals surface area contributed by atoms with Gasteiger partial charge in [-0.2, -0.15) is 20.1 Å². The third kappa shape index (κ3) is 6.54. The second-order valence-corrected chi connectivity index (χ2v) is 8.67. The molecule has 3 heterocycles. The van der Waals surface area contributed by atoms with E-state index in [1.165, 1.54) is 6.07 Å².